The van der Waals surface area contributed by atoms with Gasteiger partial charge in [-0.05, 0) is 25.1 Å². The van der Waals surface area contributed by atoms with Gasteiger partial charge in [-0.1, -0.05) is 23.7 Å². The van der Waals surface area contributed by atoms with Gasteiger partial charge in [0, 0.05) is 30.3 Å². The van der Waals surface area contributed by atoms with Gasteiger partial charge in [0.25, 0.3) is 0 Å². The summed E-state index contributed by atoms with van der Waals surface area (Å²) in [6.45, 7) is 1.65. The second kappa shape index (κ2) is 8.53. The van der Waals surface area contributed by atoms with Crippen LogP contribution in [0.15, 0.2) is 36.4 Å². The summed E-state index contributed by atoms with van der Waals surface area (Å²) in [6, 6.07) is 9.88. The number of rotatable bonds is 6. The summed E-state index contributed by atoms with van der Waals surface area (Å²) in [5, 5.41) is 3.12. The molecule has 8 heteroatoms. The zero-order valence-electron chi connectivity index (χ0n) is 16.3. The quantitative estimate of drug-likeness (QED) is 0.728. The number of Topliss-reactive ketones (excluding diaryl/α,β-unsaturated/α-hetero) is 1. The van der Waals surface area contributed by atoms with Gasteiger partial charge in [-0.2, -0.15) is 0 Å². The zero-order chi connectivity index (χ0) is 21.1. The van der Waals surface area contributed by atoms with Gasteiger partial charge in [0.05, 0.1) is 30.8 Å². The number of anilines is 2. The lowest BCUT2D eigenvalue weighted by molar-refractivity contribution is -0.122. The van der Waals surface area contributed by atoms with Crippen LogP contribution in [-0.2, 0) is 9.59 Å². The van der Waals surface area contributed by atoms with Gasteiger partial charge >= 0.3 is 0 Å². The number of carbonyl (C=O) groups is 3. The van der Waals surface area contributed by atoms with Crippen LogP contribution in [0.5, 0.6) is 11.5 Å². The lowest BCUT2D eigenvalue weighted by Crippen LogP contribution is -2.28. The smallest absolute Gasteiger partial charge is 0.229 e. The van der Waals surface area contributed by atoms with Crippen LogP contribution in [0.4, 0.5) is 11.4 Å². The van der Waals surface area contributed by atoms with E-state index in [1.807, 2.05) is 0 Å². The lowest BCUT2D eigenvalue weighted by atomic mass is 10.1. The number of benzene rings is 2. The van der Waals surface area contributed by atoms with E-state index in [-0.39, 0.29) is 30.6 Å². The first kappa shape index (κ1) is 20.7. The number of amides is 2. The molecule has 29 heavy (non-hydrogen) atoms. The van der Waals surface area contributed by atoms with Crippen LogP contribution in [-0.4, -0.2) is 38.4 Å². The molecule has 152 valence electrons. The van der Waals surface area contributed by atoms with E-state index < -0.39 is 5.92 Å². The van der Waals surface area contributed by atoms with Gasteiger partial charge in [0.1, 0.15) is 11.5 Å². The number of nitrogens with one attached hydrogen (secondary N) is 1. The fraction of sp³-hybridized carbons (Fsp3) is 0.286. The first-order chi connectivity index (χ1) is 13.8. The molecule has 0 aliphatic carbocycles. The Balaban J connectivity index is 1.78. The molecule has 0 spiro atoms. The maximum atomic E-state index is 12.7. The molecule has 7 nitrogen and oxygen atoms in total. The first-order valence-electron chi connectivity index (χ1n) is 8.97. The van der Waals surface area contributed by atoms with Crippen molar-refractivity contribution in [1.29, 1.82) is 0 Å². The molecule has 1 saturated heterocycles. The van der Waals surface area contributed by atoms with Crippen molar-refractivity contribution in [3.8, 4) is 11.5 Å². The fourth-order valence-corrected chi connectivity index (χ4v) is 3.47. The highest BCUT2D eigenvalue weighted by molar-refractivity contribution is 6.32. The molecular weight excluding hydrogens is 396 g/mol. The van der Waals surface area contributed by atoms with Gasteiger partial charge in [0.2, 0.25) is 11.8 Å². The minimum absolute atomic E-state index is 0.0606. The third-order valence-electron chi connectivity index (χ3n) is 4.78. The molecule has 1 aliphatic heterocycles. The van der Waals surface area contributed by atoms with Crippen LogP contribution in [0.2, 0.25) is 5.02 Å². The van der Waals surface area contributed by atoms with E-state index in [1.165, 1.54) is 26.0 Å². The second-order valence-electron chi connectivity index (χ2n) is 6.69. The van der Waals surface area contributed by atoms with Crippen LogP contribution < -0.4 is 19.7 Å². The molecule has 0 radical (unpaired) electrons. The summed E-state index contributed by atoms with van der Waals surface area (Å²) >= 11 is 6.21. The van der Waals surface area contributed by atoms with Crippen molar-refractivity contribution in [2.75, 3.05) is 31.0 Å². The van der Waals surface area contributed by atoms with E-state index in [0.717, 1.165) is 0 Å². The summed E-state index contributed by atoms with van der Waals surface area (Å²) in [4.78, 5) is 38.3. The molecular formula is C21H21ClN2O5. The monoisotopic (exact) mass is 416 g/mol. The standard InChI is InChI=1S/C21H21ClN2O5/c1-12(25)13-5-4-6-15(7-13)23-21(27)14-8-20(26)24(11-14)17-9-16(22)18(28-2)10-19(17)29-3/h4-7,9-10,14H,8,11H2,1-3H3,(H,23,27)/t14-/m0/s1. The summed E-state index contributed by atoms with van der Waals surface area (Å²) < 4.78 is 10.5. The van der Waals surface area contributed by atoms with Gasteiger partial charge in [-0.25, -0.2) is 0 Å². The number of hydrogen-bond acceptors (Lipinski definition) is 5. The topological polar surface area (TPSA) is 84.9 Å². The maximum absolute atomic E-state index is 12.7. The lowest BCUT2D eigenvalue weighted by Gasteiger charge is -2.21. The van der Waals surface area contributed by atoms with Gasteiger partial charge in [0.15, 0.2) is 5.78 Å². The van der Waals surface area contributed by atoms with Crippen LogP contribution in [0.1, 0.15) is 23.7 Å². The average molecular weight is 417 g/mol. The molecule has 1 aliphatic rings. The number of ketones is 1. The van der Waals surface area contributed by atoms with Crippen molar-refractivity contribution in [2.45, 2.75) is 13.3 Å². The molecule has 1 heterocycles. The third kappa shape index (κ3) is 4.35. The molecule has 1 fully saturated rings. The van der Waals surface area contributed by atoms with E-state index in [9.17, 15) is 14.4 Å². The van der Waals surface area contributed by atoms with E-state index in [0.29, 0.717) is 33.5 Å². The fourth-order valence-electron chi connectivity index (χ4n) is 3.23. The minimum Gasteiger partial charge on any atom is -0.495 e. The Morgan fingerprint density at radius 3 is 2.52 bits per heavy atom. The molecule has 2 aromatic rings. The Hall–Kier alpha value is -3.06. The molecule has 2 aromatic carbocycles. The maximum Gasteiger partial charge on any atom is 0.229 e. The van der Waals surface area contributed by atoms with Gasteiger partial charge in [-0.3, -0.25) is 14.4 Å². The highest BCUT2D eigenvalue weighted by atomic mass is 35.5. The van der Waals surface area contributed by atoms with Crippen molar-refractivity contribution in [1.82, 2.24) is 0 Å². The molecule has 0 aromatic heterocycles. The Labute approximate surface area is 173 Å². The number of methoxy groups -OCH3 is 2. The van der Waals surface area contributed by atoms with Crippen molar-refractivity contribution in [3.63, 3.8) is 0 Å². The SMILES string of the molecule is COc1cc(OC)c(N2C[C@@H](C(=O)Nc3cccc(C(C)=O)c3)CC2=O)cc1Cl. The molecule has 0 bridgehead atoms. The first-order valence-corrected chi connectivity index (χ1v) is 9.35. The van der Waals surface area contributed by atoms with Crippen LogP contribution in [0, 0.1) is 5.92 Å². The summed E-state index contributed by atoms with van der Waals surface area (Å²) in [5.41, 5.74) is 1.50. The number of halogens is 1. The predicted molar refractivity (Wildman–Crippen MR) is 110 cm³/mol. The largest absolute Gasteiger partial charge is 0.495 e. The predicted octanol–water partition coefficient (Wildman–Crippen LogP) is 3.55. The van der Waals surface area contributed by atoms with Crippen LogP contribution in [0.25, 0.3) is 0 Å². The average Bonchev–Trinajstić information content (AvgIpc) is 3.09. The van der Waals surface area contributed by atoms with E-state index in [2.05, 4.69) is 5.32 Å². The van der Waals surface area contributed by atoms with Gasteiger partial charge < -0.3 is 19.7 Å². The number of carbonyl (C=O) groups excluding carboxylic acids is 3. The molecule has 0 saturated carbocycles. The molecule has 1 N–H and O–H groups in total. The van der Waals surface area contributed by atoms with Crippen molar-refractivity contribution < 1.29 is 23.9 Å². The summed E-state index contributed by atoms with van der Waals surface area (Å²) in [6.07, 6.45) is 0.0606. The highest BCUT2D eigenvalue weighted by Gasteiger charge is 2.36. The Bertz CT molecular complexity index is 976. The molecule has 1 atom stereocenters. The number of hydrogen-bond donors (Lipinski definition) is 1. The van der Waals surface area contributed by atoms with E-state index in [1.54, 1.807) is 36.4 Å². The second-order valence-corrected chi connectivity index (χ2v) is 7.10. The number of ether oxygens (including phenoxy) is 2. The zero-order valence-corrected chi connectivity index (χ0v) is 17.1. The molecule has 2 amide bonds. The summed E-state index contributed by atoms with van der Waals surface area (Å²) in [5.74, 6) is -0.281. The Kier molecular flexibility index (Phi) is 6.08. The van der Waals surface area contributed by atoms with Crippen LogP contribution >= 0.6 is 11.6 Å². The summed E-state index contributed by atoms with van der Waals surface area (Å²) in [7, 11) is 2.97. The Morgan fingerprint density at radius 1 is 1.14 bits per heavy atom. The molecule has 0 unspecified atom stereocenters. The van der Waals surface area contributed by atoms with E-state index in [4.69, 9.17) is 21.1 Å². The number of nitrogens with zero attached hydrogens (tertiary/aromatic N) is 1. The highest BCUT2D eigenvalue weighted by Crippen LogP contribution is 2.40. The van der Waals surface area contributed by atoms with Crippen molar-refractivity contribution in [3.05, 3.63) is 47.0 Å². The Morgan fingerprint density at radius 2 is 1.86 bits per heavy atom. The van der Waals surface area contributed by atoms with Crippen molar-refractivity contribution >= 4 is 40.6 Å². The minimum atomic E-state index is -0.547. The third-order valence-corrected chi connectivity index (χ3v) is 5.07. The van der Waals surface area contributed by atoms with Gasteiger partial charge in [-0.15, -0.1) is 0 Å². The van der Waals surface area contributed by atoms with E-state index >= 15 is 0 Å². The van der Waals surface area contributed by atoms with Crippen LogP contribution in [0.3, 0.4) is 0 Å². The van der Waals surface area contributed by atoms with Crippen molar-refractivity contribution in [2.24, 2.45) is 5.92 Å². The normalized spacial score (nSPS) is 15.9. The molecule has 3 rings (SSSR count).